The normalized spacial score (nSPS) is 20.1. The van der Waals surface area contributed by atoms with Gasteiger partial charge in [-0.3, -0.25) is 9.48 Å². The summed E-state index contributed by atoms with van der Waals surface area (Å²) >= 11 is 0. The summed E-state index contributed by atoms with van der Waals surface area (Å²) < 4.78 is 6.85. The highest BCUT2D eigenvalue weighted by Gasteiger charge is 2.34. The molecule has 21 heavy (non-hydrogen) atoms. The van der Waals surface area contributed by atoms with E-state index in [1.54, 1.807) is 0 Å². The molecule has 118 valence electrons. The number of fused-ring (bicyclic) bond motifs is 1. The quantitative estimate of drug-likeness (QED) is 0.819. The highest BCUT2D eigenvalue weighted by molar-refractivity contribution is 5.69. The van der Waals surface area contributed by atoms with Gasteiger partial charge in [-0.05, 0) is 38.1 Å². The number of ether oxygens (including phenoxy) is 1. The highest BCUT2D eigenvalue weighted by atomic mass is 16.5. The summed E-state index contributed by atoms with van der Waals surface area (Å²) in [6.45, 7) is 10.2. The van der Waals surface area contributed by atoms with E-state index in [9.17, 15) is 4.79 Å². The molecule has 5 nitrogen and oxygen atoms in total. The molecule has 0 spiro atoms. The Morgan fingerprint density at radius 2 is 2.29 bits per heavy atom. The highest BCUT2D eigenvalue weighted by Crippen LogP contribution is 2.40. The Labute approximate surface area is 127 Å². The van der Waals surface area contributed by atoms with Crippen LogP contribution in [0.3, 0.4) is 0 Å². The molecule has 1 aliphatic carbocycles. The van der Waals surface area contributed by atoms with Gasteiger partial charge in [0.2, 0.25) is 0 Å². The Kier molecular flexibility index (Phi) is 5.04. The van der Waals surface area contributed by atoms with Crippen molar-refractivity contribution in [3.05, 3.63) is 17.5 Å². The van der Waals surface area contributed by atoms with Gasteiger partial charge in [0, 0.05) is 17.3 Å². The molecule has 1 aromatic heterocycles. The van der Waals surface area contributed by atoms with E-state index in [1.807, 2.05) is 17.8 Å². The summed E-state index contributed by atoms with van der Waals surface area (Å²) in [6.07, 6.45) is 5.08. The summed E-state index contributed by atoms with van der Waals surface area (Å²) in [5.74, 6) is -0.218. The first-order valence-electron chi connectivity index (χ1n) is 7.90. The van der Waals surface area contributed by atoms with Crippen LogP contribution in [0.4, 0.5) is 0 Å². The van der Waals surface area contributed by atoms with Gasteiger partial charge in [-0.25, -0.2) is 0 Å². The Morgan fingerprint density at radius 3 is 2.95 bits per heavy atom. The van der Waals surface area contributed by atoms with Crippen molar-refractivity contribution in [1.82, 2.24) is 15.1 Å². The average Bonchev–Trinajstić information content (AvgIpc) is 2.78. The number of carbonyl (C=O) groups is 1. The van der Waals surface area contributed by atoms with Crippen LogP contribution in [-0.4, -0.2) is 28.9 Å². The van der Waals surface area contributed by atoms with Gasteiger partial charge in [-0.1, -0.05) is 20.8 Å². The van der Waals surface area contributed by atoms with Crippen LogP contribution in [0.15, 0.2) is 6.20 Å². The topological polar surface area (TPSA) is 56.2 Å². The number of nitrogens with one attached hydrogen (secondary N) is 1. The largest absolute Gasteiger partial charge is 0.465 e. The maximum Gasteiger partial charge on any atom is 0.327 e. The summed E-state index contributed by atoms with van der Waals surface area (Å²) in [4.78, 5) is 11.7. The molecule has 1 aromatic rings. The van der Waals surface area contributed by atoms with Crippen LogP contribution in [0, 0.1) is 5.41 Å². The zero-order valence-corrected chi connectivity index (χ0v) is 13.6. The zero-order valence-electron chi connectivity index (χ0n) is 13.6. The number of nitrogens with zero attached hydrogens (tertiary/aromatic N) is 2. The zero-order chi connectivity index (χ0) is 15.5. The van der Waals surface area contributed by atoms with Crippen molar-refractivity contribution in [2.75, 3.05) is 13.2 Å². The van der Waals surface area contributed by atoms with E-state index >= 15 is 0 Å². The van der Waals surface area contributed by atoms with Gasteiger partial charge < -0.3 is 10.1 Å². The second-order valence-corrected chi connectivity index (χ2v) is 6.56. The van der Waals surface area contributed by atoms with Crippen molar-refractivity contribution in [2.45, 2.75) is 59.5 Å². The molecule has 1 N–H and O–H groups in total. The van der Waals surface area contributed by atoms with E-state index in [0.29, 0.717) is 12.6 Å². The van der Waals surface area contributed by atoms with Gasteiger partial charge in [0.15, 0.2) is 0 Å². The summed E-state index contributed by atoms with van der Waals surface area (Å²) in [7, 11) is 0. The molecule has 1 unspecified atom stereocenters. The lowest BCUT2D eigenvalue weighted by molar-refractivity contribution is -0.144. The second-order valence-electron chi connectivity index (χ2n) is 6.56. The Bertz CT molecular complexity index is 494. The molecule has 0 saturated carbocycles. The first-order valence-corrected chi connectivity index (χ1v) is 7.90. The minimum absolute atomic E-state index is 0.208. The predicted octanol–water partition coefficient (Wildman–Crippen LogP) is 2.46. The lowest BCUT2D eigenvalue weighted by Crippen LogP contribution is -2.34. The molecule has 5 heteroatoms. The molecular formula is C16H27N3O2. The summed E-state index contributed by atoms with van der Waals surface area (Å²) in [6, 6.07) is 0.333. The summed E-state index contributed by atoms with van der Waals surface area (Å²) in [5.41, 5.74) is 2.63. The van der Waals surface area contributed by atoms with E-state index in [-0.39, 0.29) is 17.9 Å². The van der Waals surface area contributed by atoms with Crippen LogP contribution in [0.25, 0.3) is 0 Å². The maximum atomic E-state index is 11.7. The molecule has 0 saturated heterocycles. The first-order chi connectivity index (χ1) is 9.96. The minimum Gasteiger partial charge on any atom is -0.465 e. The van der Waals surface area contributed by atoms with Crippen molar-refractivity contribution in [3.8, 4) is 0 Å². The average molecular weight is 293 g/mol. The van der Waals surface area contributed by atoms with E-state index in [4.69, 9.17) is 4.74 Å². The third-order valence-corrected chi connectivity index (χ3v) is 3.98. The van der Waals surface area contributed by atoms with Crippen LogP contribution >= 0.6 is 0 Å². The van der Waals surface area contributed by atoms with Gasteiger partial charge >= 0.3 is 5.97 Å². The monoisotopic (exact) mass is 293 g/mol. The van der Waals surface area contributed by atoms with E-state index in [1.165, 1.54) is 11.3 Å². The van der Waals surface area contributed by atoms with E-state index in [0.717, 1.165) is 25.8 Å². The molecule has 2 rings (SSSR count). The van der Waals surface area contributed by atoms with Crippen LogP contribution in [0.2, 0.25) is 0 Å². The van der Waals surface area contributed by atoms with Gasteiger partial charge in [0.05, 0.1) is 12.8 Å². The number of hydrogen-bond donors (Lipinski definition) is 1. The van der Waals surface area contributed by atoms with E-state index in [2.05, 4.69) is 31.2 Å². The molecule has 0 aromatic carbocycles. The number of aromatic nitrogens is 2. The smallest absolute Gasteiger partial charge is 0.327 e. The number of carbonyl (C=O) groups excluding carboxylic acids is 1. The second kappa shape index (κ2) is 6.60. The van der Waals surface area contributed by atoms with E-state index < -0.39 is 0 Å². The lowest BCUT2D eigenvalue weighted by atomic mass is 9.74. The third-order valence-electron chi connectivity index (χ3n) is 3.98. The molecule has 0 bridgehead atoms. The molecule has 1 heterocycles. The maximum absolute atomic E-state index is 11.7. The molecule has 0 radical (unpaired) electrons. The van der Waals surface area contributed by atoms with Gasteiger partial charge in [-0.15, -0.1) is 0 Å². The lowest BCUT2D eigenvalue weighted by Gasteiger charge is -2.36. The van der Waals surface area contributed by atoms with Gasteiger partial charge in [0.1, 0.15) is 6.54 Å². The van der Waals surface area contributed by atoms with Crippen molar-refractivity contribution in [3.63, 3.8) is 0 Å². The Balaban J connectivity index is 2.21. The summed E-state index contributed by atoms with van der Waals surface area (Å²) in [5, 5.41) is 8.03. The minimum atomic E-state index is -0.218. The molecule has 0 amide bonds. The fourth-order valence-corrected chi connectivity index (χ4v) is 3.06. The van der Waals surface area contributed by atoms with Crippen LogP contribution < -0.4 is 5.32 Å². The van der Waals surface area contributed by atoms with Gasteiger partial charge in [-0.2, -0.15) is 5.10 Å². The van der Waals surface area contributed by atoms with Crippen LogP contribution in [0.1, 0.15) is 57.8 Å². The molecule has 1 atom stereocenters. The third kappa shape index (κ3) is 3.84. The number of esters is 1. The molecule has 0 aliphatic heterocycles. The predicted molar refractivity (Wildman–Crippen MR) is 82.0 cm³/mol. The standard InChI is InChI=1S/C16H27N3O2/c1-5-7-17-13-8-16(3,4)9-14-12(13)10-18-19(14)11-15(20)21-6-2/h10,13,17H,5-9,11H2,1-4H3. The van der Waals surface area contributed by atoms with Crippen LogP contribution in [-0.2, 0) is 22.5 Å². The van der Waals surface area contributed by atoms with Crippen molar-refractivity contribution in [2.24, 2.45) is 5.41 Å². The molecule has 1 aliphatic rings. The fourth-order valence-electron chi connectivity index (χ4n) is 3.06. The SMILES string of the molecule is CCCNC1CC(C)(C)Cc2c1cnn2CC(=O)OCC. The fraction of sp³-hybridized carbons (Fsp3) is 0.750. The molecule has 0 fully saturated rings. The van der Waals surface area contributed by atoms with Crippen molar-refractivity contribution in [1.29, 1.82) is 0 Å². The Morgan fingerprint density at radius 1 is 1.52 bits per heavy atom. The van der Waals surface area contributed by atoms with Crippen molar-refractivity contribution < 1.29 is 9.53 Å². The number of hydrogen-bond acceptors (Lipinski definition) is 4. The first kappa shape index (κ1) is 16.0. The van der Waals surface area contributed by atoms with Crippen molar-refractivity contribution >= 4 is 5.97 Å². The van der Waals surface area contributed by atoms with Crippen LogP contribution in [0.5, 0.6) is 0 Å². The van der Waals surface area contributed by atoms with Gasteiger partial charge in [0.25, 0.3) is 0 Å². The Hall–Kier alpha value is -1.36. The number of rotatable bonds is 6. The molecular weight excluding hydrogens is 266 g/mol.